The lowest BCUT2D eigenvalue weighted by Crippen LogP contribution is -2.50. The molecule has 0 aliphatic carbocycles. The Hall–Kier alpha value is -3.08. The Bertz CT molecular complexity index is 1450. The van der Waals surface area contributed by atoms with E-state index in [2.05, 4.69) is 33.2 Å². The van der Waals surface area contributed by atoms with E-state index in [1.54, 1.807) is 18.2 Å². The van der Waals surface area contributed by atoms with Crippen molar-refractivity contribution in [1.82, 2.24) is 15.3 Å². The maximum absolute atomic E-state index is 9.11. The zero-order chi connectivity index (χ0) is 22.8. The summed E-state index contributed by atoms with van der Waals surface area (Å²) in [6.07, 6.45) is 0. The van der Waals surface area contributed by atoms with Crippen LogP contribution in [0.1, 0.15) is 18.1 Å². The largest absolute Gasteiger partial charge is 0.428 e. The summed E-state index contributed by atoms with van der Waals surface area (Å²) < 4.78 is 10.9. The summed E-state index contributed by atoms with van der Waals surface area (Å²) >= 11 is 16.5. The minimum atomic E-state index is 0.244. The van der Waals surface area contributed by atoms with Crippen LogP contribution < -0.4 is 10.2 Å². The average Bonchev–Trinajstić information content (AvgIpc) is 3.35. The number of aromatic nitrogens is 2. The average molecular weight is 487 g/mol. The van der Waals surface area contributed by atoms with E-state index in [0.717, 1.165) is 19.6 Å². The smallest absolute Gasteiger partial charge is 0.298 e. The van der Waals surface area contributed by atoms with E-state index in [1.165, 1.54) is 6.07 Å². The summed E-state index contributed by atoms with van der Waals surface area (Å²) in [4.78, 5) is 9.59. The van der Waals surface area contributed by atoms with Gasteiger partial charge in [0, 0.05) is 35.7 Å². The van der Waals surface area contributed by atoms with Crippen LogP contribution in [0.25, 0.3) is 22.2 Å². The van der Waals surface area contributed by atoms with Gasteiger partial charge < -0.3 is 24.0 Å². The van der Waals surface area contributed by atoms with Crippen LogP contribution in [-0.4, -0.2) is 35.6 Å². The quantitative estimate of drug-likeness (QED) is 0.353. The van der Waals surface area contributed by atoms with Crippen LogP contribution in [-0.2, 0) is 0 Å². The van der Waals surface area contributed by atoms with Gasteiger partial charge in [-0.15, -0.1) is 0 Å². The number of benzene rings is 2. The number of hydrogen-bond donors (Lipinski definition) is 2. The number of nitriles is 2. The molecular formula is C21H16Cl2N6O2S. The van der Waals surface area contributed by atoms with Crippen LogP contribution in [0.4, 0.5) is 6.01 Å². The van der Waals surface area contributed by atoms with Gasteiger partial charge in [-0.2, -0.15) is 15.5 Å². The summed E-state index contributed by atoms with van der Waals surface area (Å²) in [6.45, 7) is 4.74. The highest BCUT2D eigenvalue weighted by Crippen LogP contribution is 2.29. The highest BCUT2D eigenvalue weighted by molar-refractivity contribution is 7.71. The molecular weight excluding hydrogens is 471 g/mol. The Kier molecular flexibility index (Phi) is 6.35. The summed E-state index contributed by atoms with van der Waals surface area (Å²) in [7, 11) is 0. The van der Waals surface area contributed by atoms with E-state index < -0.39 is 0 Å². The normalized spacial score (nSPS) is 15.8. The highest BCUT2D eigenvalue weighted by atomic mass is 35.5. The minimum Gasteiger partial charge on any atom is -0.428 e. The summed E-state index contributed by atoms with van der Waals surface area (Å²) in [6, 6.07) is 11.5. The Morgan fingerprint density at radius 3 is 2.47 bits per heavy atom. The predicted molar refractivity (Wildman–Crippen MR) is 125 cm³/mol. The number of hydrogen-bond acceptors (Lipinski definition) is 8. The van der Waals surface area contributed by atoms with E-state index in [-0.39, 0.29) is 4.84 Å². The lowest BCUT2D eigenvalue weighted by atomic mass is 10.2. The van der Waals surface area contributed by atoms with Crippen molar-refractivity contribution in [2.24, 2.45) is 0 Å². The van der Waals surface area contributed by atoms with Crippen molar-refractivity contribution in [1.29, 1.82) is 10.5 Å². The number of nitrogens with zero attached hydrogens (tertiary/aromatic N) is 4. The van der Waals surface area contributed by atoms with Gasteiger partial charge in [0.2, 0.25) is 0 Å². The highest BCUT2D eigenvalue weighted by Gasteiger charge is 2.23. The number of rotatable bonds is 1. The molecule has 1 atom stereocenters. The van der Waals surface area contributed by atoms with Crippen molar-refractivity contribution in [3.05, 3.63) is 50.3 Å². The number of oxazole rings is 2. The predicted octanol–water partition coefficient (Wildman–Crippen LogP) is 5.17. The minimum absolute atomic E-state index is 0.244. The number of aromatic amines is 1. The lowest BCUT2D eigenvalue weighted by molar-refractivity contribution is 0.456. The molecule has 3 heterocycles. The van der Waals surface area contributed by atoms with E-state index >= 15 is 0 Å². The summed E-state index contributed by atoms with van der Waals surface area (Å²) in [5, 5.41) is 22.2. The van der Waals surface area contributed by atoms with Gasteiger partial charge in [0.05, 0.1) is 16.6 Å². The molecule has 4 aromatic rings. The molecule has 32 heavy (non-hydrogen) atoms. The van der Waals surface area contributed by atoms with Gasteiger partial charge in [0.15, 0.2) is 11.2 Å². The van der Waals surface area contributed by atoms with Crippen molar-refractivity contribution in [3.63, 3.8) is 0 Å². The van der Waals surface area contributed by atoms with E-state index in [0.29, 0.717) is 55.4 Å². The molecule has 8 nitrogen and oxygen atoms in total. The van der Waals surface area contributed by atoms with Crippen molar-refractivity contribution >= 4 is 63.6 Å². The summed E-state index contributed by atoms with van der Waals surface area (Å²) in [5.74, 6) is 0. The summed E-state index contributed by atoms with van der Waals surface area (Å²) in [5.41, 5.74) is 3.04. The van der Waals surface area contributed by atoms with Gasteiger partial charge in [-0.3, -0.25) is 0 Å². The fourth-order valence-corrected chi connectivity index (χ4v) is 4.05. The molecule has 0 amide bonds. The van der Waals surface area contributed by atoms with Crippen LogP contribution in [0, 0.1) is 27.5 Å². The maximum atomic E-state index is 9.11. The molecule has 2 N–H and O–H groups in total. The van der Waals surface area contributed by atoms with Crippen molar-refractivity contribution in [3.8, 4) is 12.1 Å². The van der Waals surface area contributed by atoms with Gasteiger partial charge in [-0.25, -0.2) is 0 Å². The van der Waals surface area contributed by atoms with Crippen LogP contribution in [0.3, 0.4) is 0 Å². The number of anilines is 1. The molecule has 0 bridgehead atoms. The van der Waals surface area contributed by atoms with Crippen LogP contribution in [0.2, 0.25) is 10.0 Å². The van der Waals surface area contributed by atoms with Gasteiger partial charge in [0.25, 0.3) is 10.9 Å². The zero-order valence-corrected chi connectivity index (χ0v) is 19.1. The Morgan fingerprint density at radius 2 is 1.78 bits per heavy atom. The van der Waals surface area contributed by atoms with E-state index in [1.807, 2.05) is 6.07 Å². The first-order valence-electron chi connectivity index (χ1n) is 9.59. The maximum Gasteiger partial charge on any atom is 0.298 e. The van der Waals surface area contributed by atoms with E-state index in [9.17, 15) is 0 Å². The second-order valence-corrected chi connectivity index (χ2v) is 8.36. The molecule has 1 aliphatic rings. The van der Waals surface area contributed by atoms with Gasteiger partial charge in [0.1, 0.15) is 17.7 Å². The first-order valence-corrected chi connectivity index (χ1v) is 10.8. The van der Waals surface area contributed by atoms with E-state index in [4.69, 9.17) is 54.8 Å². The number of fused-ring (bicyclic) bond motifs is 2. The van der Waals surface area contributed by atoms with Crippen molar-refractivity contribution < 1.29 is 8.83 Å². The van der Waals surface area contributed by atoms with Crippen molar-refractivity contribution in [2.75, 3.05) is 24.5 Å². The third-order valence-electron chi connectivity index (χ3n) is 4.92. The monoisotopic (exact) mass is 486 g/mol. The number of halogens is 2. The molecule has 11 heteroatoms. The molecule has 162 valence electrons. The molecule has 0 spiro atoms. The SMILES string of the molecule is C[C@H]1CNCCN1c1nc2cc(Cl)cc(C#N)c2o1.N#Cc1cc(Cl)cc2[nH]c(=S)oc12. The lowest BCUT2D eigenvalue weighted by Gasteiger charge is -2.32. The molecule has 0 unspecified atom stereocenters. The molecule has 0 radical (unpaired) electrons. The second kappa shape index (κ2) is 9.19. The number of piperazine rings is 1. The fourth-order valence-electron chi connectivity index (χ4n) is 3.43. The molecule has 2 aromatic carbocycles. The van der Waals surface area contributed by atoms with Crippen molar-refractivity contribution in [2.45, 2.75) is 13.0 Å². The molecule has 1 fully saturated rings. The molecule has 5 rings (SSSR count). The standard InChI is InChI=1S/C13H13ClN4O.C8H3ClN2OS/c1-8-7-16-2-3-18(8)13-17-11-5-10(14)4-9(6-15)12(11)19-13;9-5-1-4(3-10)7-6(2-5)11-8(13)12-7/h4-5,8,16H,2-3,7H2,1H3;1-2H,(H,11,13)/t8-;/m0./s1. The van der Waals surface area contributed by atoms with Crippen LogP contribution in [0.5, 0.6) is 0 Å². The number of H-pyrrole nitrogens is 1. The first-order chi connectivity index (χ1) is 15.4. The van der Waals surface area contributed by atoms with Crippen LogP contribution >= 0.6 is 35.4 Å². The Labute approximate surface area is 197 Å². The Morgan fingerprint density at radius 1 is 1.09 bits per heavy atom. The first kappa shape index (κ1) is 22.1. The second-order valence-electron chi connectivity index (χ2n) is 7.11. The molecule has 1 aliphatic heterocycles. The molecule has 0 saturated carbocycles. The van der Waals surface area contributed by atoms with Crippen LogP contribution in [0.15, 0.2) is 33.1 Å². The topological polar surface area (TPSA) is 118 Å². The molecule has 1 saturated heterocycles. The fraction of sp³-hybridized carbons (Fsp3) is 0.238. The van der Waals surface area contributed by atoms with Gasteiger partial charge in [-0.1, -0.05) is 23.2 Å². The zero-order valence-electron chi connectivity index (χ0n) is 16.8. The Balaban J connectivity index is 0.000000165. The third kappa shape index (κ3) is 4.43. The molecule has 2 aromatic heterocycles. The van der Waals surface area contributed by atoms with Gasteiger partial charge in [-0.05, 0) is 43.4 Å². The van der Waals surface area contributed by atoms with Gasteiger partial charge >= 0.3 is 0 Å². The number of nitrogens with one attached hydrogen (secondary N) is 2. The third-order valence-corrected chi connectivity index (χ3v) is 5.54.